The highest BCUT2D eigenvalue weighted by atomic mass is 14.2. The van der Waals surface area contributed by atoms with Gasteiger partial charge in [0, 0.05) is 0 Å². The molecule has 0 N–H and O–H groups in total. The van der Waals surface area contributed by atoms with Crippen molar-refractivity contribution in [3.8, 4) is 0 Å². The lowest BCUT2D eigenvalue weighted by Gasteiger charge is -2.17. The highest BCUT2D eigenvalue weighted by Crippen LogP contribution is 2.25. The lowest BCUT2D eigenvalue weighted by Crippen LogP contribution is -2.03. The molecule has 0 heteroatoms. The summed E-state index contributed by atoms with van der Waals surface area (Å²) in [6, 6.07) is 0. The van der Waals surface area contributed by atoms with Gasteiger partial charge in [-0.1, -0.05) is 171 Å². The molecule has 0 aliphatic heterocycles. The first-order chi connectivity index (χ1) is 15.3. The summed E-state index contributed by atoms with van der Waals surface area (Å²) >= 11 is 0. The fraction of sp³-hybridized carbons (Fsp3) is 1.00. The molecule has 0 aromatic heterocycles. The molecule has 0 nitrogen and oxygen atoms in total. The zero-order chi connectivity index (χ0) is 24.2. The topological polar surface area (TPSA) is 0 Å². The third kappa shape index (κ3) is 20.6. The Balaban J connectivity index is 3.61. The molecule has 0 amide bonds. The minimum atomic E-state index is 0.928. The SMILES string of the molecule is CCCC(C)CCCC(C)CCCC(C)CCCC(C)CCCC(C)CCCC(C)CC. The summed E-state index contributed by atoms with van der Waals surface area (Å²) in [7, 11) is 0. The van der Waals surface area contributed by atoms with Gasteiger partial charge in [-0.2, -0.15) is 0 Å². The molecule has 0 aliphatic carbocycles. The van der Waals surface area contributed by atoms with Gasteiger partial charge in [-0.05, 0) is 35.5 Å². The Bertz CT molecular complexity index is 372. The average Bonchev–Trinajstić information content (AvgIpc) is 2.73. The molecule has 0 bridgehead atoms. The molecule has 32 heavy (non-hydrogen) atoms. The quantitative estimate of drug-likeness (QED) is 0.145. The Kier molecular flexibility index (Phi) is 21.5. The summed E-state index contributed by atoms with van der Waals surface area (Å²) < 4.78 is 0. The van der Waals surface area contributed by atoms with E-state index in [-0.39, 0.29) is 0 Å². The lowest BCUT2D eigenvalue weighted by molar-refractivity contribution is 0.358. The number of hydrogen-bond donors (Lipinski definition) is 0. The highest BCUT2D eigenvalue weighted by Gasteiger charge is 2.10. The molecule has 0 fully saturated rings. The third-order valence-corrected chi connectivity index (χ3v) is 8.45. The molecule has 0 aromatic rings. The van der Waals surface area contributed by atoms with Crippen LogP contribution in [0.3, 0.4) is 0 Å². The van der Waals surface area contributed by atoms with Crippen LogP contribution < -0.4 is 0 Å². The van der Waals surface area contributed by atoms with Crippen LogP contribution in [0, 0.1) is 35.5 Å². The van der Waals surface area contributed by atoms with Gasteiger partial charge in [0.25, 0.3) is 0 Å². The third-order valence-electron chi connectivity index (χ3n) is 8.45. The monoisotopic (exact) mass is 451 g/mol. The summed E-state index contributed by atoms with van der Waals surface area (Å²) in [5.74, 6) is 5.62. The Labute approximate surface area is 206 Å². The fourth-order valence-corrected chi connectivity index (χ4v) is 5.49. The van der Waals surface area contributed by atoms with Gasteiger partial charge in [-0.25, -0.2) is 0 Å². The largest absolute Gasteiger partial charge is 0.0654 e. The molecule has 0 saturated heterocycles. The van der Waals surface area contributed by atoms with E-state index in [2.05, 4.69) is 55.4 Å². The maximum atomic E-state index is 2.50. The van der Waals surface area contributed by atoms with Crippen molar-refractivity contribution in [2.75, 3.05) is 0 Å². The van der Waals surface area contributed by atoms with Crippen molar-refractivity contribution in [2.45, 2.75) is 171 Å². The summed E-state index contributed by atoms with van der Waals surface area (Å²) in [6.07, 6.45) is 25.9. The second-order valence-electron chi connectivity index (χ2n) is 12.5. The van der Waals surface area contributed by atoms with Gasteiger partial charge in [-0.3, -0.25) is 0 Å². The van der Waals surface area contributed by atoms with E-state index in [1.807, 2.05) is 0 Å². The van der Waals surface area contributed by atoms with Crippen LogP contribution in [0.1, 0.15) is 171 Å². The van der Waals surface area contributed by atoms with E-state index < -0.39 is 0 Å². The van der Waals surface area contributed by atoms with Gasteiger partial charge in [0.05, 0.1) is 0 Å². The minimum Gasteiger partial charge on any atom is -0.0654 e. The first-order valence-corrected chi connectivity index (χ1v) is 15.3. The van der Waals surface area contributed by atoms with Crippen LogP contribution in [0.2, 0.25) is 0 Å². The van der Waals surface area contributed by atoms with Crippen LogP contribution in [-0.2, 0) is 0 Å². The fourth-order valence-electron chi connectivity index (χ4n) is 5.49. The smallest absolute Gasteiger partial charge is 0.0443 e. The minimum absolute atomic E-state index is 0.928. The van der Waals surface area contributed by atoms with Crippen molar-refractivity contribution in [1.29, 1.82) is 0 Å². The standard InChI is InChI=1S/C32H66/c1-9-16-28(4)18-12-20-30(6)22-14-24-32(8)26-15-25-31(7)23-13-21-29(5)19-11-17-27(3)10-2/h27-32H,9-26H2,1-8H3. The lowest BCUT2D eigenvalue weighted by atomic mass is 9.89. The van der Waals surface area contributed by atoms with Crippen LogP contribution in [0.15, 0.2) is 0 Å². The van der Waals surface area contributed by atoms with Crippen LogP contribution in [-0.4, -0.2) is 0 Å². The van der Waals surface area contributed by atoms with Crippen LogP contribution in [0.4, 0.5) is 0 Å². The molecule has 0 radical (unpaired) electrons. The van der Waals surface area contributed by atoms with E-state index in [4.69, 9.17) is 0 Å². The molecule has 0 heterocycles. The van der Waals surface area contributed by atoms with Crippen LogP contribution in [0.5, 0.6) is 0 Å². The predicted molar refractivity (Wildman–Crippen MR) is 149 cm³/mol. The molecule has 6 atom stereocenters. The Hall–Kier alpha value is 0. The van der Waals surface area contributed by atoms with E-state index in [0.29, 0.717) is 0 Å². The molecule has 0 rings (SSSR count). The van der Waals surface area contributed by atoms with Gasteiger partial charge >= 0.3 is 0 Å². The second-order valence-corrected chi connectivity index (χ2v) is 12.5. The van der Waals surface area contributed by atoms with E-state index in [1.54, 1.807) is 0 Å². The maximum absolute atomic E-state index is 2.50. The van der Waals surface area contributed by atoms with Gasteiger partial charge in [0.2, 0.25) is 0 Å². The Morgan fingerprint density at radius 1 is 0.312 bits per heavy atom. The van der Waals surface area contributed by atoms with E-state index in [1.165, 1.54) is 116 Å². The van der Waals surface area contributed by atoms with E-state index in [9.17, 15) is 0 Å². The number of rotatable bonds is 23. The van der Waals surface area contributed by atoms with Crippen molar-refractivity contribution < 1.29 is 0 Å². The number of hydrogen-bond acceptors (Lipinski definition) is 0. The van der Waals surface area contributed by atoms with E-state index >= 15 is 0 Å². The van der Waals surface area contributed by atoms with E-state index in [0.717, 1.165) is 35.5 Å². The van der Waals surface area contributed by atoms with Gasteiger partial charge in [0.15, 0.2) is 0 Å². The predicted octanol–water partition coefficient (Wildman–Crippen LogP) is 11.9. The summed E-state index contributed by atoms with van der Waals surface area (Å²) in [4.78, 5) is 0. The molecule has 0 aliphatic rings. The Morgan fingerprint density at radius 3 is 0.750 bits per heavy atom. The zero-order valence-electron chi connectivity index (χ0n) is 24.2. The highest BCUT2D eigenvalue weighted by molar-refractivity contribution is 4.63. The first kappa shape index (κ1) is 32.0. The molecule has 0 saturated carbocycles. The average molecular weight is 451 g/mol. The van der Waals surface area contributed by atoms with Crippen LogP contribution >= 0.6 is 0 Å². The molecule has 0 spiro atoms. The molecule has 6 unspecified atom stereocenters. The van der Waals surface area contributed by atoms with Crippen molar-refractivity contribution in [1.82, 2.24) is 0 Å². The summed E-state index contributed by atoms with van der Waals surface area (Å²) in [5.41, 5.74) is 0. The summed E-state index contributed by atoms with van der Waals surface area (Å²) in [5, 5.41) is 0. The van der Waals surface area contributed by atoms with Crippen molar-refractivity contribution >= 4 is 0 Å². The molecule has 194 valence electrons. The van der Waals surface area contributed by atoms with Gasteiger partial charge in [0.1, 0.15) is 0 Å². The van der Waals surface area contributed by atoms with Crippen molar-refractivity contribution in [3.05, 3.63) is 0 Å². The normalized spacial score (nSPS) is 17.6. The van der Waals surface area contributed by atoms with Crippen molar-refractivity contribution in [3.63, 3.8) is 0 Å². The summed E-state index contributed by atoms with van der Waals surface area (Å²) in [6.45, 7) is 19.5. The molecular formula is C32H66. The maximum Gasteiger partial charge on any atom is -0.0443 e. The van der Waals surface area contributed by atoms with Crippen molar-refractivity contribution in [2.24, 2.45) is 35.5 Å². The first-order valence-electron chi connectivity index (χ1n) is 15.3. The van der Waals surface area contributed by atoms with Crippen LogP contribution in [0.25, 0.3) is 0 Å². The molecular weight excluding hydrogens is 384 g/mol. The van der Waals surface area contributed by atoms with Gasteiger partial charge in [-0.15, -0.1) is 0 Å². The Morgan fingerprint density at radius 2 is 0.531 bits per heavy atom. The second kappa shape index (κ2) is 21.5. The zero-order valence-corrected chi connectivity index (χ0v) is 24.2. The van der Waals surface area contributed by atoms with Gasteiger partial charge < -0.3 is 0 Å². The molecule has 0 aromatic carbocycles.